The van der Waals surface area contributed by atoms with Crippen molar-refractivity contribution in [3.8, 4) is 0 Å². The zero-order valence-electron chi connectivity index (χ0n) is 20.4. The Morgan fingerprint density at radius 3 is 2.05 bits per heavy atom. The molecule has 1 saturated heterocycles. The van der Waals surface area contributed by atoms with Crippen molar-refractivity contribution in [3.63, 3.8) is 0 Å². The molecule has 8 nitrogen and oxygen atoms in total. The lowest BCUT2D eigenvalue weighted by molar-refractivity contribution is -0.192. The van der Waals surface area contributed by atoms with Crippen molar-refractivity contribution in [1.29, 1.82) is 0 Å². The molecule has 0 spiro atoms. The number of aliphatic carboxylic acids is 1. The average Bonchev–Trinajstić information content (AvgIpc) is 2.84. The van der Waals surface area contributed by atoms with Crippen LogP contribution in [0, 0.1) is 6.92 Å². The van der Waals surface area contributed by atoms with Crippen molar-refractivity contribution in [1.82, 2.24) is 0 Å². The summed E-state index contributed by atoms with van der Waals surface area (Å²) in [6.07, 6.45) is -2.90. The van der Waals surface area contributed by atoms with Crippen LogP contribution in [-0.2, 0) is 9.59 Å². The summed E-state index contributed by atoms with van der Waals surface area (Å²) in [4.78, 5) is 37.1. The molecule has 0 saturated carbocycles. The van der Waals surface area contributed by atoms with E-state index in [9.17, 15) is 27.9 Å². The maximum absolute atomic E-state index is 12.0. The molecule has 1 aliphatic heterocycles. The van der Waals surface area contributed by atoms with E-state index in [1.54, 1.807) is 18.2 Å². The Labute approximate surface area is 217 Å². The van der Waals surface area contributed by atoms with Gasteiger partial charge in [-0.1, -0.05) is 31.0 Å². The number of alkyl halides is 3. The molecule has 0 aliphatic carbocycles. The highest BCUT2D eigenvalue weighted by molar-refractivity contribution is 6.30. The van der Waals surface area contributed by atoms with Crippen LogP contribution in [0.25, 0.3) is 0 Å². The number of hydrogen-bond acceptors (Lipinski definition) is 5. The van der Waals surface area contributed by atoms with Gasteiger partial charge in [0.05, 0.1) is 11.3 Å². The number of carbonyl (C=O) groups excluding carboxylic acids is 1. The van der Waals surface area contributed by atoms with Gasteiger partial charge in [0.25, 0.3) is 0 Å². The van der Waals surface area contributed by atoms with Crippen molar-refractivity contribution in [2.75, 3.05) is 41.3 Å². The lowest BCUT2D eigenvalue weighted by Crippen LogP contribution is -2.47. The number of nitrogens with one attached hydrogen (secondary N) is 1. The number of hydrogen-bond donors (Lipinski definition) is 3. The van der Waals surface area contributed by atoms with Gasteiger partial charge in [-0.2, -0.15) is 13.2 Å². The van der Waals surface area contributed by atoms with Crippen molar-refractivity contribution < 1.29 is 37.8 Å². The highest BCUT2D eigenvalue weighted by Gasteiger charge is 2.38. The topological polar surface area (TPSA) is 110 Å². The van der Waals surface area contributed by atoms with Crippen molar-refractivity contribution in [2.45, 2.75) is 39.3 Å². The zero-order chi connectivity index (χ0) is 27.8. The van der Waals surface area contributed by atoms with E-state index in [1.807, 2.05) is 25.1 Å². The minimum atomic E-state index is -5.08. The second-order valence-electron chi connectivity index (χ2n) is 8.40. The lowest BCUT2D eigenvalue weighted by Gasteiger charge is -2.38. The van der Waals surface area contributed by atoms with Crippen LogP contribution in [0.2, 0.25) is 5.02 Å². The summed E-state index contributed by atoms with van der Waals surface area (Å²) in [5.41, 5.74) is 3.69. The van der Waals surface area contributed by atoms with E-state index < -0.39 is 18.1 Å². The van der Waals surface area contributed by atoms with Crippen molar-refractivity contribution in [2.24, 2.45) is 0 Å². The normalized spacial score (nSPS) is 13.5. The van der Waals surface area contributed by atoms with E-state index in [-0.39, 0.29) is 11.5 Å². The van der Waals surface area contributed by atoms with Crippen LogP contribution in [0.3, 0.4) is 0 Å². The zero-order valence-corrected chi connectivity index (χ0v) is 21.2. The number of anilines is 3. The Morgan fingerprint density at radius 1 is 0.973 bits per heavy atom. The van der Waals surface area contributed by atoms with Gasteiger partial charge < -0.3 is 25.3 Å². The van der Waals surface area contributed by atoms with Gasteiger partial charge in [-0.25, -0.2) is 9.59 Å². The average molecular weight is 544 g/mol. The molecule has 37 heavy (non-hydrogen) atoms. The first kappa shape index (κ1) is 29.8. The van der Waals surface area contributed by atoms with Gasteiger partial charge in [0.15, 0.2) is 0 Å². The molecule has 202 valence electrons. The minimum Gasteiger partial charge on any atom is -0.478 e. The highest BCUT2D eigenvalue weighted by atomic mass is 35.5. The van der Waals surface area contributed by atoms with E-state index >= 15 is 0 Å². The number of carboxylic acid groups (broad SMARTS) is 2. The Kier molecular flexibility index (Phi) is 10.6. The molecule has 12 heteroatoms. The predicted molar refractivity (Wildman–Crippen MR) is 136 cm³/mol. The van der Waals surface area contributed by atoms with Crippen LogP contribution >= 0.6 is 11.6 Å². The summed E-state index contributed by atoms with van der Waals surface area (Å²) < 4.78 is 31.7. The van der Waals surface area contributed by atoms with Crippen LogP contribution in [-0.4, -0.2) is 60.4 Å². The SMILES string of the molecule is CCCCC(=O)Nc1ccc(N2CCN(c3cc(Cl)ccc3C)CC2)c(C(=O)O)c1.O=C(O)C(F)(F)F. The smallest absolute Gasteiger partial charge is 0.478 e. The quantitative estimate of drug-likeness (QED) is 0.427. The van der Waals surface area contributed by atoms with Crippen LogP contribution < -0.4 is 15.1 Å². The molecule has 1 fully saturated rings. The summed E-state index contributed by atoms with van der Waals surface area (Å²) in [7, 11) is 0. The van der Waals surface area contributed by atoms with Crippen molar-refractivity contribution in [3.05, 3.63) is 52.5 Å². The van der Waals surface area contributed by atoms with Crippen LogP contribution in [0.1, 0.15) is 42.1 Å². The molecule has 0 bridgehead atoms. The molecule has 0 radical (unpaired) electrons. The largest absolute Gasteiger partial charge is 0.490 e. The number of rotatable bonds is 7. The third-order valence-electron chi connectivity index (χ3n) is 5.64. The van der Waals surface area contributed by atoms with Gasteiger partial charge in [0, 0.05) is 49.0 Å². The molecule has 2 aromatic carbocycles. The molecular weight excluding hydrogens is 515 g/mol. The van der Waals surface area contributed by atoms with Gasteiger partial charge in [0.1, 0.15) is 0 Å². The summed E-state index contributed by atoms with van der Waals surface area (Å²) >= 11 is 6.16. The summed E-state index contributed by atoms with van der Waals surface area (Å²) in [6, 6.07) is 11.0. The van der Waals surface area contributed by atoms with Gasteiger partial charge in [-0.05, 0) is 49.2 Å². The Morgan fingerprint density at radius 2 is 1.54 bits per heavy atom. The maximum atomic E-state index is 12.0. The fourth-order valence-electron chi connectivity index (χ4n) is 3.73. The fourth-order valence-corrected chi connectivity index (χ4v) is 3.90. The second-order valence-corrected chi connectivity index (χ2v) is 8.83. The molecule has 2 aromatic rings. The molecule has 0 atom stereocenters. The molecule has 0 aromatic heterocycles. The number of aryl methyl sites for hydroxylation is 1. The number of amides is 1. The number of unbranched alkanes of at least 4 members (excludes halogenated alkanes) is 1. The van der Waals surface area contributed by atoms with E-state index in [0.717, 1.165) is 31.6 Å². The molecule has 1 amide bonds. The second kappa shape index (κ2) is 13.2. The number of carboxylic acids is 2. The number of aromatic carboxylic acids is 1. The van der Waals surface area contributed by atoms with E-state index in [2.05, 4.69) is 22.0 Å². The number of carbonyl (C=O) groups is 3. The third kappa shape index (κ3) is 8.85. The molecule has 3 N–H and O–H groups in total. The van der Waals surface area contributed by atoms with E-state index in [1.165, 1.54) is 5.56 Å². The van der Waals surface area contributed by atoms with E-state index in [4.69, 9.17) is 21.5 Å². The number of nitrogens with zero attached hydrogens (tertiary/aromatic N) is 2. The Bertz CT molecular complexity index is 1120. The third-order valence-corrected chi connectivity index (χ3v) is 5.88. The van der Waals surface area contributed by atoms with E-state index in [0.29, 0.717) is 35.9 Å². The number of halogens is 4. The van der Waals surface area contributed by atoms with Gasteiger partial charge in [-0.3, -0.25) is 4.79 Å². The van der Waals surface area contributed by atoms with Crippen LogP contribution in [0.4, 0.5) is 30.2 Å². The molecule has 1 heterocycles. The molecule has 0 unspecified atom stereocenters. The minimum absolute atomic E-state index is 0.0913. The summed E-state index contributed by atoms with van der Waals surface area (Å²) in [6.45, 7) is 7.04. The first-order chi connectivity index (χ1) is 17.3. The summed E-state index contributed by atoms with van der Waals surface area (Å²) in [5.74, 6) is -3.85. The predicted octanol–water partition coefficient (Wildman–Crippen LogP) is 5.44. The number of benzene rings is 2. The van der Waals surface area contributed by atoms with Crippen LogP contribution in [0.15, 0.2) is 36.4 Å². The van der Waals surface area contributed by atoms with Gasteiger partial charge in [0.2, 0.25) is 5.91 Å². The summed E-state index contributed by atoms with van der Waals surface area (Å²) in [5, 5.41) is 20.4. The van der Waals surface area contributed by atoms with Crippen molar-refractivity contribution >= 4 is 46.5 Å². The molecule has 1 aliphatic rings. The lowest BCUT2D eigenvalue weighted by atomic mass is 10.1. The highest BCUT2D eigenvalue weighted by Crippen LogP contribution is 2.29. The molecule has 3 rings (SSSR count). The monoisotopic (exact) mass is 543 g/mol. The standard InChI is InChI=1S/C23H28ClN3O3.C2HF3O2/c1-3-4-5-22(28)25-18-8-9-20(19(15-18)23(29)30)26-10-12-27(13-11-26)21-14-17(24)7-6-16(21)2;3-2(4,5)1(6)7/h6-9,14-15H,3-5,10-13H2,1-2H3,(H,25,28)(H,29,30);(H,6,7). The Balaban J connectivity index is 0.000000604. The first-order valence-corrected chi connectivity index (χ1v) is 11.9. The first-order valence-electron chi connectivity index (χ1n) is 11.6. The van der Waals surface area contributed by atoms with Gasteiger partial charge >= 0.3 is 18.1 Å². The number of piperazine rings is 1. The fraction of sp³-hybridized carbons (Fsp3) is 0.400. The maximum Gasteiger partial charge on any atom is 0.490 e. The van der Waals surface area contributed by atoms with Gasteiger partial charge in [-0.15, -0.1) is 0 Å². The Hall–Kier alpha value is -3.47. The van der Waals surface area contributed by atoms with Crippen LogP contribution in [0.5, 0.6) is 0 Å². The molecular formula is C25H29ClF3N3O5.